The number of methoxy groups -OCH3 is 1. The van der Waals surface area contributed by atoms with Crippen molar-refractivity contribution in [2.45, 2.75) is 12.8 Å². The first kappa shape index (κ1) is 17.8. The number of anilines is 1. The van der Waals surface area contributed by atoms with Gasteiger partial charge < -0.3 is 10.1 Å². The fourth-order valence-corrected chi connectivity index (χ4v) is 3.12. The molecule has 0 radical (unpaired) electrons. The summed E-state index contributed by atoms with van der Waals surface area (Å²) in [6, 6.07) is 13.5. The third-order valence-electron chi connectivity index (χ3n) is 3.74. The van der Waals surface area contributed by atoms with E-state index in [4.69, 9.17) is 4.74 Å². The van der Waals surface area contributed by atoms with Crippen molar-refractivity contribution in [3.8, 4) is 11.3 Å². The van der Waals surface area contributed by atoms with Crippen molar-refractivity contribution in [2.75, 3.05) is 12.4 Å². The van der Waals surface area contributed by atoms with Crippen molar-refractivity contribution < 1.29 is 14.3 Å². The molecule has 132 valence electrons. The molecule has 0 atom stereocenters. The van der Waals surface area contributed by atoms with E-state index in [-0.39, 0.29) is 12.3 Å². The highest BCUT2D eigenvalue weighted by Crippen LogP contribution is 2.22. The van der Waals surface area contributed by atoms with E-state index in [0.29, 0.717) is 17.7 Å². The van der Waals surface area contributed by atoms with Crippen LogP contribution in [0.1, 0.15) is 22.5 Å². The molecule has 3 rings (SSSR count). The van der Waals surface area contributed by atoms with Crippen LogP contribution in [0.2, 0.25) is 0 Å². The summed E-state index contributed by atoms with van der Waals surface area (Å²) < 4.78 is 4.69. The number of amides is 1. The average Bonchev–Trinajstić information content (AvgIpc) is 3.15. The number of carbonyl (C=O) groups is 2. The second kappa shape index (κ2) is 8.35. The van der Waals surface area contributed by atoms with E-state index in [1.54, 1.807) is 10.8 Å². The first-order valence-corrected chi connectivity index (χ1v) is 8.94. The van der Waals surface area contributed by atoms with Gasteiger partial charge in [0.2, 0.25) is 5.91 Å². The quantitative estimate of drug-likeness (QED) is 0.674. The van der Waals surface area contributed by atoms with Gasteiger partial charge in [-0.15, -0.1) is 11.3 Å². The average molecular weight is 367 g/mol. The van der Waals surface area contributed by atoms with Crippen molar-refractivity contribution in [3.05, 3.63) is 64.5 Å². The first-order valence-electron chi connectivity index (χ1n) is 8.00. The molecule has 1 aromatic carbocycles. The molecule has 1 N–H and O–H groups in total. The van der Waals surface area contributed by atoms with Gasteiger partial charge in [0.1, 0.15) is 0 Å². The number of aryl methyl sites for hydroxylation is 1. The molecule has 6 nitrogen and oxygen atoms in total. The largest absolute Gasteiger partial charge is 0.465 e. The lowest BCUT2D eigenvalue weighted by Gasteiger charge is -2.06. The van der Waals surface area contributed by atoms with Crippen LogP contribution in [0.25, 0.3) is 11.3 Å². The van der Waals surface area contributed by atoms with Crippen molar-refractivity contribution in [1.82, 2.24) is 10.2 Å². The SMILES string of the molecule is COC(=O)c1cscc1NC(=O)CCc1ccc(-c2ccccc2)nn1. The van der Waals surface area contributed by atoms with Crippen molar-refractivity contribution in [1.29, 1.82) is 0 Å². The van der Waals surface area contributed by atoms with Gasteiger partial charge >= 0.3 is 5.97 Å². The van der Waals surface area contributed by atoms with Crippen LogP contribution in [0, 0.1) is 0 Å². The lowest BCUT2D eigenvalue weighted by atomic mass is 10.1. The van der Waals surface area contributed by atoms with E-state index in [9.17, 15) is 9.59 Å². The smallest absolute Gasteiger partial charge is 0.340 e. The van der Waals surface area contributed by atoms with Gasteiger partial charge in [0.05, 0.1) is 29.7 Å². The Morgan fingerprint density at radius 1 is 1.08 bits per heavy atom. The number of ether oxygens (including phenoxy) is 1. The monoisotopic (exact) mass is 367 g/mol. The highest BCUT2D eigenvalue weighted by Gasteiger charge is 2.15. The number of nitrogens with one attached hydrogen (secondary N) is 1. The molecule has 26 heavy (non-hydrogen) atoms. The molecular formula is C19H17N3O3S. The van der Waals surface area contributed by atoms with Gasteiger partial charge in [-0.25, -0.2) is 4.79 Å². The van der Waals surface area contributed by atoms with Crippen molar-refractivity contribution in [3.63, 3.8) is 0 Å². The van der Waals surface area contributed by atoms with Crippen LogP contribution >= 0.6 is 11.3 Å². The second-order valence-electron chi connectivity index (χ2n) is 5.51. The van der Waals surface area contributed by atoms with Gasteiger partial charge in [-0.2, -0.15) is 10.2 Å². The van der Waals surface area contributed by atoms with Crippen LogP contribution in [0.5, 0.6) is 0 Å². The molecule has 0 aliphatic heterocycles. The Bertz CT molecular complexity index is 892. The number of nitrogens with zero attached hydrogens (tertiary/aromatic N) is 2. The molecule has 0 unspecified atom stereocenters. The zero-order valence-corrected chi connectivity index (χ0v) is 15.0. The summed E-state index contributed by atoms with van der Waals surface area (Å²) in [4.78, 5) is 23.7. The Balaban J connectivity index is 1.57. The molecule has 0 saturated carbocycles. The van der Waals surface area contributed by atoms with Crippen LogP contribution in [0.4, 0.5) is 5.69 Å². The Kier molecular flexibility index (Phi) is 5.70. The number of esters is 1. The normalized spacial score (nSPS) is 10.3. The van der Waals surface area contributed by atoms with E-state index in [1.807, 2.05) is 42.5 Å². The van der Waals surface area contributed by atoms with Crippen LogP contribution in [0.15, 0.2) is 53.2 Å². The van der Waals surface area contributed by atoms with E-state index >= 15 is 0 Å². The van der Waals surface area contributed by atoms with E-state index in [0.717, 1.165) is 17.0 Å². The molecule has 0 bridgehead atoms. The van der Waals surface area contributed by atoms with Gasteiger partial charge in [-0.05, 0) is 12.1 Å². The number of carbonyl (C=O) groups excluding carboxylic acids is 2. The number of thiophene rings is 1. The van der Waals surface area contributed by atoms with E-state index in [1.165, 1.54) is 18.4 Å². The lowest BCUT2D eigenvalue weighted by molar-refractivity contribution is -0.116. The summed E-state index contributed by atoms with van der Waals surface area (Å²) in [6.45, 7) is 0. The van der Waals surface area contributed by atoms with Gasteiger partial charge in [-0.3, -0.25) is 4.79 Å². The number of aromatic nitrogens is 2. The predicted octanol–water partition coefficient (Wildman–Crippen LogP) is 3.56. The summed E-state index contributed by atoms with van der Waals surface area (Å²) in [5.74, 6) is -0.661. The Labute approximate surface area is 154 Å². The predicted molar refractivity (Wildman–Crippen MR) is 100 cm³/mol. The van der Waals surface area contributed by atoms with Gasteiger partial charge in [0, 0.05) is 29.2 Å². The number of benzene rings is 1. The molecule has 1 amide bonds. The fourth-order valence-electron chi connectivity index (χ4n) is 2.37. The van der Waals surface area contributed by atoms with Crippen LogP contribution in [0.3, 0.4) is 0 Å². The zero-order valence-electron chi connectivity index (χ0n) is 14.1. The third kappa shape index (κ3) is 4.31. The first-order chi connectivity index (χ1) is 12.7. The highest BCUT2D eigenvalue weighted by atomic mass is 32.1. The molecule has 0 saturated heterocycles. The molecule has 0 fully saturated rings. The molecule has 2 aromatic heterocycles. The minimum atomic E-state index is -0.469. The minimum Gasteiger partial charge on any atom is -0.465 e. The molecule has 7 heteroatoms. The number of rotatable bonds is 6. The van der Waals surface area contributed by atoms with E-state index < -0.39 is 5.97 Å². The van der Waals surface area contributed by atoms with Crippen LogP contribution in [-0.4, -0.2) is 29.2 Å². The summed E-state index contributed by atoms with van der Waals surface area (Å²) >= 11 is 1.33. The van der Waals surface area contributed by atoms with Crippen molar-refractivity contribution >= 4 is 28.9 Å². The van der Waals surface area contributed by atoms with Crippen LogP contribution in [-0.2, 0) is 16.0 Å². The van der Waals surface area contributed by atoms with Gasteiger partial charge in [0.15, 0.2) is 0 Å². The Morgan fingerprint density at radius 3 is 2.58 bits per heavy atom. The molecule has 0 aliphatic carbocycles. The van der Waals surface area contributed by atoms with Gasteiger partial charge in [-0.1, -0.05) is 30.3 Å². The molecule has 2 heterocycles. The maximum Gasteiger partial charge on any atom is 0.340 e. The summed E-state index contributed by atoms with van der Waals surface area (Å²) in [5, 5.41) is 14.5. The minimum absolute atomic E-state index is 0.192. The maximum absolute atomic E-state index is 12.1. The van der Waals surface area contributed by atoms with Gasteiger partial charge in [0.25, 0.3) is 0 Å². The van der Waals surface area contributed by atoms with E-state index in [2.05, 4.69) is 15.5 Å². The van der Waals surface area contributed by atoms with Crippen LogP contribution < -0.4 is 5.32 Å². The number of hydrogen-bond donors (Lipinski definition) is 1. The Morgan fingerprint density at radius 2 is 1.88 bits per heavy atom. The molecule has 0 aliphatic rings. The summed E-state index contributed by atoms with van der Waals surface area (Å²) in [5.41, 5.74) is 3.35. The molecule has 0 spiro atoms. The molecular weight excluding hydrogens is 350 g/mol. The lowest BCUT2D eigenvalue weighted by Crippen LogP contribution is -2.15. The Hall–Kier alpha value is -3.06. The van der Waals surface area contributed by atoms with Crippen molar-refractivity contribution in [2.24, 2.45) is 0 Å². The topological polar surface area (TPSA) is 81.2 Å². The number of hydrogen-bond acceptors (Lipinski definition) is 6. The second-order valence-corrected chi connectivity index (χ2v) is 6.26. The molecule has 3 aromatic rings. The third-order valence-corrected chi connectivity index (χ3v) is 4.48. The summed E-state index contributed by atoms with van der Waals surface area (Å²) in [6.07, 6.45) is 0.710. The highest BCUT2D eigenvalue weighted by molar-refractivity contribution is 7.08. The standard InChI is InChI=1S/C19H17N3O3S/c1-25-19(24)15-11-26-12-17(15)20-18(23)10-8-14-7-9-16(22-21-14)13-5-3-2-4-6-13/h2-7,9,11-12H,8,10H2,1H3,(H,20,23). The zero-order chi connectivity index (χ0) is 18.4. The maximum atomic E-state index is 12.1. The fraction of sp³-hybridized carbons (Fsp3) is 0.158. The summed E-state index contributed by atoms with van der Waals surface area (Å²) in [7, 11) is 1.31.